The topological polar surface area (TPSA) is 38.1 Å². The Morgan fingerprint density at radius 2 is 2.50 bits per heavy atom. The van der Waals surface area contributed by atoms with Gasteiger partial charge in [-0.1, -0.05) is 6.92 Å². The van der Waals surface area contributed by atoms with Crippen LogP contribution in [0.4, 0.5) is 0 Å². The molecule has 0 saturated carbocycles. The van der Waals surface area contributed by atoms with Gasteiger partial charge in [0.15, 0.2) is 0 Å². The van der Waals surface area contributed by atoms with Crippen molar-refractivity contribution in [3.8, 4) is 12.3 Å². The zero-order valence-electron chi connectivity index (χ0n) is 8.48. The maximum atomic E-state index is 9.79. The third kappa shape index (κ3) is 2.61. The fourth-order valence-electron chi connectivity index (χ4n) is 1.39. The first-order chi connectivity index (χ1) is 6.79. The Kier molecular flexibility index (Phi) is 4.21. The molecule has 0 aliphatic rings. The first-order valence-corrected chi connectivity index (χ1v) is 4.92. The first-order valence-electron chi connectivity index (χ1n) is 4.92. The third-order valence-corrected chi connectivity index (χ3v) is 2.09. The van der Waals surface area contributed by atoms with Gasteiger partial charge in [0.2, 0.25) is 0 Å². The van der Waals surface area contributed by atoms with E-state index in [9.17, 15) is 5.11 Å². The van der Waals surface area contributed by atoms with Crippen LogP contribution in [-0.2, 0) is 6.54 Å². The second-order valence-corrected chi connectivity index (χ2v) is 3.24. The highest BCUT2D eigenvalue weighted by molar-refractivity contribution is 5.05. The molecule has 0 aliphatic carbocycles. The summed E-state index contributed by atoms with van der Waals surface area (Å²) in [5, 5.41) is 13.9. The van der Waals surface area contributed by atoms with Crippen LogP contribution in [0.1, 0.15) is 38.0 Å². The number of rotatable bonds is 5. The SMILES string of the molecule is C#CCCC(O)c1ccnn1CCC. The highest BCUT2D eigenvalue weighted by Crippen LogP contribution is 2.17. The maximum Gasteiger partial charge on any atom is 0.0965 e. The summed E-state index contributed by atoms with van der Waals surface area (Å²) in [5.41, 5.74) is 0.863. The quantitative estimate of drug-likeness (QED) is 0.722. The van der Waals surface area contributed by atoms with E-state index >= 15 is 0 Å². The van der Waals surface area contributed by atoms with Crippen molar-refractivity contribution in [1.82, 2.24) is 9.78 Å². The van der Waals surface area contributed by atoms with Crippen molar-refractivity contribution in [1.29, 1.82) is 0 Å². The largest absolute Gasteiger partial charge is 0.387 e. The summed E-state index contributed by atoms with van der Waals surface area (Å²) in [6.07, 6.45) is 8.58. The molecule has 0 fully saturated rings. The van der Waals surface area contributed by atoms with Crippen molar-refractivity contribution in [2.45, 2.75) is 38.8 Å². The van der Waals surface area contributed by atoms with Crippen molar-refractivity contribution in [3.05, 3.63) is 18.0 Å². The Labute approximate surface area is 84.8 Å². The Bertz CT molecular complexity index is 311. The summed E-state index contributed by atoms with van der Waals surface area (Å²) in [4.78, 5) is 0. The summed E-state index contributed by atoms with van der Waals surface area (Å²) in [7, 11) is 0. The number of aliphatic hydroxyl groups is 1. The van der Waals surface area contributed by atoms with Crippen LogP contribution in [0.25, 0.3) is 0 Å². The minimum absolute atomic E-state index is 0.486. The molecular weight excluding hydrogens is 176 g/mol. The third-order valence-electron chi connectivity index (χ3n) is 2.09. The smallest absolute Gasteiger partial charge is 0.0965 e. The van der Waals surface area contributed by atoms with Crippen LogP contribution in [0.15, 0.2) is 12.3 Å². The van der Waals surface area contributed by atoms with Gasteiger partial charge in [-0.15, -0.1) is 12.3 Å². The van der Waals surface area contributed by atoms with Crippen molar-refractivity contribution in [2.75, 3.05) is 0 Å². The van der Waals surface area contributed by atoms with Crippen molar-refractivity contribution in [3.63, 3.8) is 0 Å². The molecule has 0 radical (unpaired) electrons. The molecule has 0 saturated heterocycles. The lowest BCUT2D eigenvalue weighted by Gasteiger charge is -2.11. The van der Waals surface area contributed by atoms with E-state index in [1.807, 2.05) is 10.7 Å². The fourth-order valence-corrected chi connectivity index (χ4v) is 1.39. The maximum absolute atomic E-state index is 9.79. The molecule has 1 N–H and O–H groups in total. The summed E-state index contributed by atoms with van der Waals surface area (Å²) in [6.45, 7) is 2.93. The van der Waals surface area contributed by atoms with Crippen molar-refractivity contribution < 1.29 is 5.11 Å². The molecule has 0 aliphatic heterocycles. The van der Waals surface area contributed by atoms with E-state index in [0.29, 0.717) is 12.8 Å². The predicted molar refractivity (Wildman–Crippen MR) is 55.5 cm³/mol. The average molecular weight is 192 g/mol. The van der Waals surface area contributed by atoms with Gasteiger partial charge in [-0.3, -0.25) is 4.68 Å². The molecule has 1 unspecified atom stereocenters. The zero-order valence-corrected chi connectivity index (χ0v) is 8.48. The molecule has 1 rings (SSSR count). The van der Waals surface area contributed by atoms with E-state index in [-0.39, 0.29) is 0 Å². The van der Waals surface area contributed by atoms with Gasteiger partial charge >= 0.3 is 0 Å². The van der Waals surface area contributed by atoms with Crippen LogP contribution in [0, 0.1) is 12.3 Å². The minimum atomic E-state index is -0.486. The van der Waals surface area contributed by atoms with E-state index in [2.05, 4.69) is 17.9 Å². The summed E-state index contributed by atoms with van der Waals surface area (Å²) in [5.74, 6) is 2.52. The lowest BCUT2D eigenvalue weighted by Crippen LogP contribution is -2.08. The molecule has 14 heavy (non-hydrogen) atoms. The summed E-state index contributed by atoms with van der Waals surface area (Å²) in [6, 6.07) is 1.84. The van der Waals surface area contributed by atoms with E-state index in [1.54, 1.807) is 6.20 Å². The van der Waals surface area contributed by atoms with Gasteiger partial charge in [0.1, 0.15) is 0 Å². The number of nitrogens with zero attached hydrogens (tertiary/aromatic N) is 2. The number of hydrogen-bond donors (Lipinski definition) is 1. The normalized spacial score (nSPS) is 12.4. The van der Waals surface area contributed by atoms with Gasteiger partial charge in [-0.2, -0.15) is 5.10 Å². The molecule has 1 aromatic rings. The average Bonchev–Trinajstić information content (AvgIpc) is 2.63. The molecule has 3 heteroatoms. The Hall–Kier alpha value is -1.27. The lowest BCUT2D eigenvalue weighted by molar-refractivity contribution is 0.158. The van der Waals surface area contributed by atoms with Crippen LogP contribution in [0.2, 0.25) is 0 Å². The van der Waals surface area contributed by atoms with Gasteiger partial charge in [-0.05, 0) is 18.9 Å². The summed E-state index contributed by atoms with van der Waals surface area (Å²) < 4.78 is 1.83. The number of hydrogen-bond acceptors (Lipinski definition) is 2. The highest BCUT2D eigenvalue weighted by Gasteiger charge is 2.11. The number of aliphatic hydroxyl groups excluding tert-OH is 1. The van der Waals surface area contributed by atoms with Gasteiger partial charge in [0, 0.05) is 19.2 Å². The monoisotopic (exact) mass is 192 g/mol. The van der Waals surface area contributed by atoms with Crippen molar-refractivity contribution >= 4 is 0 Å². The molecule has 1 aromatic heterocycles. The molecule has 0 spiro atoms. The molecule has 0 bridgehead atoms. The van der Waals surface area contributed by atoms with Crippen LogP contribution in [0.3, 0.4) is 0 Å². The second-order valence-electron chi connectivity index (χ2n) is 3.24. The van der Waals surface area contributed by atoms with Crippen LogP contribution in [-0.4, -0.2) is 14.9 Å². The predicted octanol–water partition coefficient (Wildman–Crippen LogP) is 1.74. The van der Waals surface area contributed by atoms with Crippen LogP contribution < -0.4 is 0 Å². The number of terminal acetylenes is 1. The zero-order chi connectivity index (χ0) is 10.4. The number of aromatic nitrogens is 2. The number of aryl methyl sites for hydroxylation is 1. The molecule has 76 valence electrons. The fraction of sp³-hybridized carbons (Fsp3) is 0.545. The lowest BCUT2D eigenvalue weighted by atomic mass is 10.1. The molecule has 0 amide bonds. The summed E-state index contributed by atoms with van der Waals surface area (Å²) >= 11 is 0. The van der Waals surface area contributed by atoms with Crippen LogP contribution in [0.5, 0.6) is 0 Å². The van der Waals surface area contributed by atoms with Gasteiger partial charge < -0.3 is 5.11 Å². The molecule has 0 aromatic carbocycles. The Morgan fingerprint density at radius 1 is 1.71 bits per heavy atom. The molecule has 1 atom stereocenters. The minimum Gasteiger partial charge on any atom is -0.387 e. The second kappa shape index (κ2) is 5.46. The van der Waals surface area contributed by atoms with E-state index in [1.165, 1.54) is 0 Å². The van der Waals surface area contributed by atoms with Gasteiger partial charge in [0.25, 0.3) is 0 Å². The first kappa shape index (κ1) is 10.8. The van der Waals surface area contributed by atoms with Gasteiger partial charge in [-0.25, -0.2) is 0 Å². The molecular formula is C11H16N2O. The van der Waals surface area contributed by atoms with E-state index in [4.69, 9.17) is 6.42 Å². The highest BCUT2D eigenvalue weighted by atomic mass is 16.3. The van der Waals surface area contributed by atoms with E-state index < -0.39 is 6.10 Å². The van der Waals surface area contributed by atoms with Crippen LogP contribution >= 0.6 is 0 Å². The Morgan fingerprint density at radius 3 is 3.14 bits per heavy atom. The standard InChI is InChI=1S/C11H16N2O/c1-3-5-6-11(14)10-7-8-12-13(10)9-4-2/h1,7-8,11,14H,4-6,9H2,2H3. The molecule has 3 nitrogen and oxygen atoms in total. The molecule has 1 heterocycles. The Balaban J connectivity index is 2.64. The van der Waals surface area contributed by atoms with E-state index in [0.717, 1.165) is 18.7 Å². The van der Waals surface area contributed by atoms with Gasteiger partial charge in [0.05, 0.1) is 11.8 Å². The van der Waals surface area contributed by atoms with Crippen molar-refractivity contribution in [2.24, 2.45) is 0 Å².